The lowest BCUT2D eigenvalue weighted by Crippen LogP contribution is -2.56. The summed E-state index contributed by atoms with van der Waals surface area (Å²) in [7, 11) is 1.85. The lowest BCUT2D eigenvalue weighted by Gasteiger charge is -2.32. The van der Waals surface area contributed by atoms with Crippen molar-refractivity contribution in [2.24, 2.45) is 5.92 Å². The molecule has 1 aliphatic rings. The highest BCUT2D eigenvalue weighted by Gasteiger charge is 2.30. The Morgan fingerprint density at radius 3 is 2.69 bits per heavy atom. The molecular weight excluding hydrogens is 228 g/mol. The summed E-state index contributed by atoms with van der Waals surface area (Å²) in [5.74, 6) is 0.634. The summed E-state index contributed by atoms with van der Waals surface area (Å²) in [5.41, 5.74) is 0. The van der Waals surface area contributed by atoms with E-state index in [0.29, 0.717) is 12.5 Å². The number of nitrogens with zero attached hydrogens (tertiary/aromatic N) is 1. The van der Waals surface area contributed by atoms with Crippen LogP contribution in [0.3, 0.4) is 0 Å². The van der Waals surface area contributed by atoms with E-state index in [4.69, 9.17) is 4.74 Å². The molecule has 1 fully saturated rings. The van der Waals surface area contributed by atoms with Crippen LogP contribution in [0.25, 0.3) is 0 Å². The Morgan fingerprint density at radius 1 is 1.56 bits per heavy atom. The van der Waals surface area contributed by atoms with Crippen LogP contribution in [0.5, 0.6) is 0 Å². The van der Waals surface area contributed by atoms with Crippen molar-refractivity contribution >= 4 is 18.3 Å². The third-order valence-electron chi connectivity index (χ3n) is 2.60. The van der Waals surface area contributed by atoms with Crippen LogP contribution in [0.15, 0.2) is 0 Å². The molecule has 16 heavy (non-hydrogen) atoms. The number of amides is 1. The second-order valence-electron chi connectivity index (χ2n) is 4.62. The van der Waals surface area contributed by atoms with Crippen LogP contribution < -0.4 is 5.32 Å². The second-order valence-corrected chi connectivity index (χ2v) is 4.62. The quantitative estimate of drug-likeness (QED) is 0.809. The molecule has 1 heterocycles. The SMILES string of the molecule is CC(C)CN(C)C(=O)[C@H]1NCCO[C@@H]1C.Cl. The zero-order chi connectivity index (χ0) is 11.4. The number of ether oxygens (including phenoxy) is 1. The highest BCUT2D eigenvalue weighted by Crippen LogP contribution is 2.08. The predicted molar refractivity (Wildman–Crippen MR) is 66.9 cm³/mol. The van der Waals surface area contributed by atoms with E-state index in [9.17, 15) is 4.79 Å². The van der Waals surface area contributed by atoms with Gasteiger partial charge in [0.2, 0.25) is 5.91 Å². The topological polar surface area (TPSA) is 41.6 Å². The summed E-state index contributed by atoms with van der Waals surface area (Å²) in [6.07, 6.45) is -0.0270. The van der Waals surface area contributed by atoms with Gasteiger partial charge in [-0.25, -0.2) is 0 Å². The smallest absolute Gasteiger partial charge is 0.242 e. The van der Waals surface area contributed by atoms with Crippen LogP contribution in [0.4, 0.5) is 0 Å². The van der Waals surface area contributed by atoms with Gasteiger partial charge in [-0.05, 0) is 12.8 Å². The largest absolute Gasteiger partial charge is 0.375 e. The molecule has 96 valence electrons. The van der Waals surface area contributed by atoms with Gasteiger partial charge in [-0.15, -0.1) is 12.4 Å². The zero-order valence-electron chi connectivity index (χ0n) is 10.5. The van der Waals surface area contributed by atoms with E-state index < -0.39 is 0 Å². The molecule has 0 bridgehead atoms. The van der Waals surface area contributed by atoms with Crippen molar-refractivity contribution in [3.05, 3.63) is 0 Å². The Balaban J connectivity index is 0.00000225. The third-order valence-corrected chi connectivity index (χ3v) is 2.60. The molecule has 0 radical (unpaired) electrons. The number of likely N-dealkylation sites (N-methyl/N-ethyl adjacent to an activating group) is 1. The van der Waals surface area contributed by atoms with E-state index in [-0.39, 0.29) is 30.5 Å². The lowest BCUT2D eigenvalue weighted by atomic mass is 10.1. The maximum absolute atomic E-state index is 12.0. The molecule has 1 amide bonds. The van der Waals surface area contributed by atoms with Crippen LogP contribution in [-0.2, 0) is 9.53 Å². The molecule has 0 saturated carbocycles. The van der Waals surface area contributed by atoms with E-state index in [1.807, 2.05) is 14.0 Å². The minimum atomic E-state index is -0.178. The van der Waals surface area contributed by atoms with E-state index in [0.717, 1.165) is 13.1 Å². The number of morpholine rings is 1. The molecule has 0 unspecified atom stereocenters. The van der Waals surface area contributed by atoms with Crippen LogP contribution in [0.1, 0.15) is 20.8 Å². The number of halogens is 1. The average Bonchev–Trinajstić information content (AvgIpc) is 2.16. The molecule has 0 aromatic carbocycles. The Morgan fingerprint density at radius 2 is 2.19 bits per heavy atom. The molecule has 1 rings (SSSR count). The van der Waals surface area contributed by atoms with Crippen molar-refractivity contribution < 1.29 is 9.53 Å². The van der Waals surface area contributed by atoms with Gasteiger partial charge < -0.3 is 15.0 Å². The number of hydrogen-bond donors (Lipinski definition) is 1. The zero-order valence-corrected chi connectivity index (χ0v) is 11.3. The summed E-state index contributed by atoms with van der Waals surface area (Å²) < 4.78 is 5.46. The standard InChI is InChI=1S/C11H22N2O2.ClH/c1-8(2)7-13(4)11(14)10-9(3)15-6-5-12-10;/h8-10,12H,5-7H2,1-4H3;1H/t9-,10+;/m1./s1. The predicted octanol–water partition coefficient (Wildman–Crippen LogP) is 0.899. The van der Waals surface area contributed by atoms with Crippen LogP contribution in [-0.4, -0.2) is 49.7 Å². The van der Waals surface area contributed by atoms with Gasteiger partial charge >= 0.3 is 0 Å². The first kappa shape index (κ1) is 15.7. The minimum Gasteiger partial charge on any atom is -0.375 e. The van der Waals surface area contributed by atoms with E-state index >= 15 is 0 Å². The highest BCUT2D eigenvalue weighted by atomic mass is 35.5. The van der Waals surface area contributed by atoms with Crippen LogP contribution in [0, 0.1) is 5.92 Å². The second kappa shape index (κ2) is 7.09. The molecule has 5 heteroatoms. The van der Waals surface area contributed by atoms with Gasteiger partial charge in [0.05, 0.1) is 12.7 Å². The minimum absolute atomic E-state index is 0. The molecule has 0 aromatic rings. The summed E-state index contributed by atoms with van der Waals surface area (Å²) >= 11 is 0. The van der Waals surface area contributed by atoms with Gasteiger partial charge in [-0.3, -0.25) is 4.79 Å². The number of carbonyl (C=O) groups is 1. The molecule has 1 aliphatic heterocycles. The maximum Gasteiger partial charge on any atom is 0.242 e. The highest BCUT2D eigenvalue weighted by molar-refractivity contribution is 5.85. The third kappa shape index (κ3) is 4.28. The summed E-state index contributed by atoms with van der Waals surface area (Å²) in [4.78, 5) is 13.8. The molecule has 2 atom stereocenters. The molecule has 4 nitrogen and oxygen atoms in total. The summed E-state index contributed by atoms with van der Waals surface area (Å²) in [6.45, 7) is 8.41. The fourth-order valence-electron chi connectivity index (χ4n) is 1.88. The van der Waals surface area contributed by atoms with E-state index in [1.165, 1.54) is 0 Å². The first-order chi connectivity index (χ1) is 7.02. The van der Waals surface area contributed by atoms with Crippen molar-refractivity contribution in [2.75, 3.05) is 26.7 Å². The maximum atomic E-state index is 12.0. The molecule has 0 aliphatic carbocycles. The number of hydrogen-bond acceptors (Lipinski definition) is 3. The van der Waals surface area contributed by atoms with Crippen LogP contribution >= 0.6 is 12.4 Å². The first-order valence-corrected chi connectivity index (χ1v) is 5.62. The van der Waals surface area contributed by atoms with Crippen LogP contribution in [0.2, 0.25) is 0 Å². The fourth-order valence-corrected chi connectivity index (χ4v) is 1.88. The van der Waals surface area contributed by atoms with E-state index in [2.05, 4.69) is 19.2 Å². The number of rotatable bonds is 3. The molecule has 0 aromatic heterocycles. The Hall–Kier alpha value is -0.320. The normalized spacial score (nSPS) is 25.1. The average molecular weight is 251 g/mol. The number of carbonyl (C=O) groups excluding carboxylic acids is 1. The Labute approximate surface area is 104 Å². The van der Waals surface area contributed by atoms with Gasteiger partial charge in [0, 0.05) is 20.1 Å². The van der Waals surface area contributed by atoms with Crippen molar-refractivity contribution in [2.45, 2.75) is 32.9 Å². The summed E-state index contributed by atoms with van der Waals surface area (Å²) in [5, 5.41) is 3.21. The number of nitrogens with one attached hydrogen (secondary N) is 1. The molecule has 1 N–H and O–H groups in total. The lowest BCUT2D eigenvalue weighted by molar-refractivity contribution is -0.138. The van der Waals surface area contributed by atoms with Gasteiger partial charge in [0.1, 0.15) is 6.04 Å². The Kier molecular flexibility index (Phi) is 6.95. The van der Waals surface area contributed by atoms with Gasteiger partial charge in [-0.2, -0.15) is 0 Å². The van der Waals surface area contributed by atoms with Crippen molar-refractivity contribution in [1.29, 1.82) is 0 Å². The Bertz CT molecular complexity index is 224. The van der Waals surface area contributed by atoms with E-state index in [1.54, 1.807) is 4.90 Å². The van der Waals surface area contributed by atoms with Gasteiger partial charge in [0.15, 0.2) is 0 Å². The molecule has 0 spiro atoms. The van der Waals surface area contributed by atoms with Crippen molar-refractivity contribution in [1.82, 2.24) is 10.2 Å². The first-order valence-electron chi connectivity index (χ1n) is 5.62. The summed E-state index contributed by atoms with van der Waals surface area (Å²) in [6, 6.07) is -0.178. The molecule has 1 saturated heterocycles. The molecular formula is C11H23ClN2O2. The van der Waals surface area contributed by atoms with Gasteiger partial charge in [0.25, 0.3) is 0 Å². The fraction of sp³-hybridized carbons (Fsp3) is 0.909. The monoisotopic (exact) mass is 250 g/mol. The van der Waals surface area contributed by atoms with Crippen molar-refractivity contribution in [3.63, 3.8) is 0 Å². The van der Waals surface area contributed by atoms with Crippen molar-refractivity contribution in [3.8, 4) is 0 Å². The van der Waals surface area contributed by atoms with Gasteiger partial charge in [-0.1, -0.05) is 13.8 Å².